The average molecular weight is 518 g/mol. The number of piperidine rings is 1. The Morgan fingerprint density at radius 2 is 2.00 bits per heavy atom. The van der Waals surface area contributed by atoms with E-state index in [0.717, 1.165) is 38.4 Å². The normalized spacial score (nSPS) is 14.7. The second kappa shape index (κ2) is 13.2. The number of benzene rings is 1. The average Bonchev–Trinajstić information content (AvgIpc) is 2.71. The van der Waals surface area contributed by atoms with E-state index in [1.54, 1.807) is 25.2 Å². The van der Waals surface area contributed by atoms with Gasteiger partial charge in [0.15, 0.2) is 5.96 Å². The molecule has 1 aromatic carbocycles. The van der Waals surface area contributed by atoms with Gasteiger partial charge in [-0.3, -0.25) is 19.9 Å². The number of hydrogen-bond donors (Lipinski definition) is 3. The molecule has 29 heavy (non-hydrogen) atoms. The maximum absolute atomic E-state index is 11.5. The first-order valence-electron chi connectivity index (χ1n) is 9.76. The number of likely N-dealkylation sites (tertiary alicyclic amines) is 1. The van der Waals surface area contributed by atoms with Crippen LogP contribution in [0.3, 0.4) is 0 Å². The first-order valence-corrected chi connectivity index (χ1v) is 9.76. The summed E-state index contributed by atoms with van der Waals surface area (Å²) in [6.45, 7) is 5.55. The third kappa shape index (κ3) is 8.03. The zero-order valence-corrected chi connectivity index (χ0v) is 19.3. The maximum Gasteiger partial charge on any atom is 0.292 e. The highest BCUT2D eigenvalue weighted by atomic mass is 127. The van der Waals surface area contributed by atoms with Crippen LogP contribution in [0, 0.1) is 16.0 Å². The molecule has 0 aliphatic carbocycles. The molecule has 2 rings (SSSR count). The summed E-state index contributed by atoms with van der Waals surface area (Å²) >= 11 is 0. The SMILES string of the molecule is CCNC(=NCCNc1ccccc1[N+](=O)[O-])N1CCC(CC(=O)NC)CC1.I. The van der Waals surface area contributed by atoms with Crippen LogP contribution < -0.4 is 16.0 Å². The molecular weight excluding hydrogens is 487 g/mol. The van der Waals surface area contributed by atoms with Gasteiger partial charge in [0, 0.05) is 45.7 Å². The zero-order valence-electron chi connectivity index (χ0n) is 17.0. The van der Waals surface area contributed by atoms with Crippen LogP contribution in [0.2, 0.25) is 0 Å². The number of carbonyl (C=O) groups is 1. The molecule has 1 amide bonds. The van der Waals surface area contributed by atoms with Crippen molar-refractivity contribution >= 4 is 47.2 Å². The molecule has 0 unspecified atom stereocenters. The van der Waals surface area contributed by atoms with Crippen LogP contribution in [0.4, 0.5) is 11.4 Å². The Morgan fingerprint density at radius 3 is 2.62 bits per heavy atom. The molecule has 0 radical (unpaired) electrons. The Morgan fingerprint density at radius 1 is 1.31 bits per heavy atom. The lowest BCUT2D eigenvalue weighted by molar-refractivity contribution is -0.384. The van der Waals surface area contributed by atoms with Crippen molar-refractivity contribution in [1.29, 1.82) is 0 Å². The molecule has 0 saturated carbocycles. The number of anilines is 1. The summed E-state index contributed by atoms with van der Waals surface area (Å²) in [5.74, 6) is 1.37. The van der Waals surface area contributed by atoms with Gasteiger partial charge in [0.2, 0.25) is 5.91 Å². The van der Waals surface area contributed by atoms with E-state index in [-0.39, 0.29) is 35.6 Å². The molecule has 9 nitrogen and oxygen atoms in total. The van der Waals surface area contributed by atoms with Crippen molar-refractivity contribution in [2.45, 2.75) is 26.2 Å². The van der Waals surface area contributed by atoms with E-state index in [9.17, 15) is 14.9 Å². The van der Waals surface area contributed by atoms with Gasteiger partial charge in [-0.2, -0.15) is 0 Å². The van der Waals surface area contributed by atoms with E-state index in [1.807, 2.05) is 6.92 Å². The Bertz CT molecular complexity index is 692. The van der Waals surface area contributed by atoms with Gasteiger partial charge in [-0.05, 0) is 31.7 Å². The summed E-state index contributed by atoms with van der Waals surface area (Å²) in [7, 11) is 1.67. The van der Waals surface area contributed by atoms with E-state index in [1.165, 1.54) is 6.07 Å². The monoisotopic (exact) mass is 518 g/mol. The molecule has 162 valence electrons. The minimum Gasteiger partial charge on any atom is -0.378 e. The first kappa shape index (κ1) is 24.9. The van der Waals surface area contributed by atoms with E-state index in [4.69, 9.17) is 0 Å². The summed E-state index contributed by atoms with van der Waals surface area (Å²) in [5, 5.41) is 20.1. The van der Waals surface area contributed by atoms with Crippen LogP contribution in [0.1, 0.15) is 26.2 Å². The number of aliphatic imine (C=N–C) groups is 1. The number of para-hydroxylation sites is 2. The number of rotatable bonds is 8. The Balaban J connectivity index is 0.00000420. The lowest BCUT2D eigenvalue weighted by Crippen LogP contribution is -2.46. The van der Waals surface area contributed by atoms with E-state index < -0.39 is 4.92 Å². The summed E-state index contributed by atoms with van der Waals surface area (Å²) in [6.07, 6.45) is 2.51. The number of nitrogens with one attached hydrogen (secondary N) is 3. The van der Waals surface area contributed by atoms with E-state index in [0.29, 0.717) is 31.1 Å². The third-order valence-corrected chi connectivity index (χ3v) is 4.79. The lowest BCUT2D eigenvalue weighted by Gasteiger charge is -2.34. The molecule has 3 N–H and O–H groups in total. The number of nitro groups is 1. The number of carbonyl (C=O) groups excluding carboxylic acids is 1. The number of amides is 1. The molecular formula is C19H31IN6O3. The van der Waals surface area contributed by atoms with Crippen LogP contribution in [-0.2, 0) is 4.79 Å². The van der Waals surface area contributed by atoms with Crippen molar-refractivity contribution in [2.75, 3.05) is 45.1 Å². The van der Waals surface area contributed by atoms with Gasteiger partial charge in [-0.25, -0.2) is 0 Å². The fourth-order valence-corrected chi connectivity index (χ4v) is 3.27. The van der Waals surface area contributed by atoms with Crippen molar-refractivity contribution < 1.29 is 9.72 Å². The fourth-order valence-electron chi connectivity index (χ4n) is 3.27. The molecule has 0 spiro atoms. The topological polar surface area (TPSA) is 112 Å². The van der Waals surface area contributed by atoms with Gasteiger partial charge in [-0.15, -0.1) is 24.0 Å². The number of guanidine groups is 1. The molecule has 1 saturated heterocycles. The second-order valence-corrected chi connectivity index (χ2v) is 6.74. The predicted octanol–water partition coefficient (Wildman–Crippen LogP) is 2.44. The van der Waals surface area contributed by atoms with Crippen molar-refractivity contribution in [3.63, 3.8) is 0 Å². The fraction of sp³-hybridized carbons (Fsp3) is 0.579. The summed E-state index contributed by atoms with van der Waals surface area (Å²) in [5.41, 5.74) is 0.569. The van der Waals surface area contributed by atoms with Crippen LogP contribution >= 0.6 is 24.0 Å². The molecule has 1 aliphatic heterocycles. The molecule has 0 aromatic heterocycles. The lowest BCUT2D eigenvalue weighted by atomic mass is 9.93. The highest BCUT2D eigenvalue weighted by molar-refractivity contribution is 14.0. The van der Waals surface area contributed by atoms with E-state index >= 15 is 0 Å². The van der Waals surface area contributed by atoms with Crippen molar-refractivity contribution in [3.05, 3.63) is 34.4 Å². The Hall–Kier alpha value is -2.11. The van der Waals surface area contributed by atoms with Gasteiger partial charge in [0.1, 0.15) is 5.69 Å². The zero-order chi connectivity index (χ0) is 20.4. The Kier molecular flexibility index (Phi) is 11.3. The quantitative estimate of drug-likeness (QED) is 0.122. The minimum absolute atomic E-state index is 0. The number of nitro benzene ring substituents is 1. The van der Waals surface area contributed by atoms with Crippen molar-refractivity contribution in [1.82, 2.24) is 15.5 Å². The van der Waals surface area contributed by atoms with Crippen LogP contribution in [0.25, 0.3) is 0 Å². The van der Waals surface area contributed by atoms with Crippen molar-refractivity contribution in [2.24, 2.45) is 10.9 Å². The molecule has 10 heteroatoms. The van der Waals surface area contributed by atoms with Gasteiger partial charge >= 0.3 is 0 Å². The van der Waals surface area contributed by atoms with Crippen molar-refractivity contribution in [3.8, 4) is 0 Å². The maximum atomic E-state index is 11.5. The number of hydrogen-bond acceptors (Lipinski definition) is 5. The summed E-state index contributed by atoms with van der Waals surface area (Å²) in [4.78, 5) is 29.1. The predicted molar refractivity (Wildman–Crippen MR) is 126 cm³/mol. The second-order valence-electron chi connectivity index (χ2n) is 6.74. The summed E-state index contributed by atoms with van der Waals surface area (Å²) < 4.78 is 0. The first-order chi connectivity index (χ1) is 13.5. The van der Waals surface area contributed by atoms with Gasteiger partial charge < -0.3 is 20.9 Å². The van der Waals surface area contributed by atoms with Crippen LogP contribution in [0.15, 0.2) is 29.3 Å². The highest BCUT2D eigenvalue weighted by Gasteiger charge is 2.23. The van der Waals surface area contributed by atoms with Crippen LogP contribution in [0.5, 0.6) is 0 Å². The Labute approximate surface area is 188 Å². The molecule has 1 aromatic rings. The molecule has 0 atom stereocenters. The van der Waals surface area contributed by atoms with Gasteiger partial charge in [0.25, 0.3) is 5.69 Å². The largest absolute Gasteiger partial charge is 0.378 e. The molecule has 0 bridgehead atoms. The highest BCUT2D eigenvalue weighted by Crippen LogP contribution is 2.23. The van der Waals surface area contributed by atoms with Gasteiger partial charge in [0.05, 0.1) is 11.5 Å². The van der Waals surface area contributed by atoms with Crippen LogP contribution in [-0.4, -0.2) is 61.5 Å². The number of halogens is 1. The summed E-state index contributed by atoms with van der Waals surface area (Å²) in [6, 6.07) is 6.60. The standard InChI is InChI=1S/C19H30N6O3.HI/c1-3-21-19(24-12-8-15(9-13-24)14-18(26)20-2)23-11-10-22-16-6-4-5-7-17(16)25(27)28;/h4-7,15,22H,3,8-14H2,1-2H3,(H,20,26)(H,21,23);1H. The smallest absolute Gasteiger partial charge is 0.292 e. The molecule has 1 fully saturated rings. The van der Waals surface area contributed by atoms with E-state index in [2.05, 4.69) is 25.8 Å². The third-order valence-electron chi connectivity index (χ3n) is 4.79. The minimum atomic E-state index is -0.390. The van der Waals surface area contributed by atoms with Gasteiger partial charge in [-0.1, -0.05) is 12.1 Å². The molecule has 1 heterocycles. The molecule has 1 aliphatic rings. The number of nitrogens with zero attached hydrogens (tertiary/aromatic N) is 3.